The summed E-state index contributed by atoms with van der Waals surface area (Å²) in [5.41, 5.74) is 0. The van der Waals surface area contributed by atoms with Crippen molar-refractivity contribution < 1.29 is 23.9 Å². The third kappa shape index (κ3) is 6.60. The topological polar surface area (TPSA) is 72.9 Å². The second-order valence-corrected chi connectivity index (χ2v) is 5.44. The molecule has 1 rings (SSSR count). The number of nitrogens with zero attached hydrogens (tertiary/aromatic N) is 1. The highest BCUT2D eigenvalue weighted by molar-refractivity contribution is 5.85. The number of carbonyl (C=O) groups excluding carboxylic acids is 3. The Kier molecular flexibility index (Phi) is 7.79. The summed E-state index contributed by atoms with van der Waals surface area (Å²) in [6.45, 7) is -0.426. The van der Waals surface area contributed by atoms with Crippen LogP contribution in [0.3, 0.4) is 0 Å². The summed E-state index contributed by atoms with van der Waals surface area (Å²) in [5.74, 6) is -0.688. The fourth-order valence-corrected chi connectivity index (χ4v) is 2.63. The summed E-state index contributed by atoms with van der Waals surface area (Å²) in [6.07, 6.45) is 7.25. The fraction of sp³-hybridized carbons (Fsp3) is 0.800. The second-order valence-electron chi connectivity index (χ2n) is 5.44. The van der Waals surface area contributed by atoms with Crippen LogP contribution in [0.1, 0.15) is 44.9 Å². The van der Waals surface area contributed by atoms with E-state index in [1.165, 1.54) is 51.2 Å². The first-order valence-electron chi connectivity index (χ1n) is 7.48. The molecule has 0 unspecified atom stereocenters. The average Bonchev–Trinajstić information content (AvgIpc) is 2.52. The van der Waals surface area contributed by atoms with Gasteiger partial charge < -0.3 is 14.4 Å². The van der Waals surface area contributed by atoms with Crippen LogP contribution in [0.4, 0.5) is 0 Å². The maximum absolute atomic E-state index is 12.2. The predicted molar refractivity (Wildman–Crippen MR) is 76.4 cm³/mol. The zero-order valence-corrected chi connectivity index (χ0v) is 12.9. The van der Waals surface area contributed by atoms with Crippen LogP contribution in [0.15, 0.2) is 0 Å². The lowest BCUT2D eigenvalue weighted by atomic mass is 9.86. The van der Waals surface area contributed by atoms with E-state index in [-0.39, 0.29) is 19.0 Å². The molecule has 0 aliphatic heterocycles. The van der Waals surface area contributed by atoms with Crippen LogP contribution in [0.2, 0.25) is 0 Å². The molecule has 1 amide bonds. The number of hydrogen-bond acceptors (Lipinski definition) is 5. The fourth-order valence-electron chi connectivity index (χ4n) is 2.63. The molecule has 0 aromatic rings. The molecule has 0 spiro atoms. The van der Waals surface area contributed by atoms with Crippen molar-refractivity contribution >= 4 is 17.8 Å². The molecular formula is C15H25NO5. The summed E-state index contributed by atoms with van der Waals surface area (Å²) in [5, 5.41) is 0. The van der Waals surface area contributed by atoms with Gasteiger partial charge in [-0.05, 0) is 12.3 Å². The first-order valence-corrected chi connectivity index (χ1v) is 7.48. The lowest BCUT2D eigenvalue weighted by Crippen LogP contribution is -2.40. The Balaban J connectivity index is 2.48. The average molecular weight is 299 g/mol. The maximum Gasteiger partial charge on any atom is 0.325 e. The van der Waals surface area contributed by atoms with Crippen LogP contribution in [0.5, 0.6) is 0 Å². The van der Waals surface area contributed by atoms with E-state index >= 15 is 0 Å². The van der Waals surface area contributed by atoms with Crippen molar-refractivity contribution in [3.63, 3.8) is 0 Å². The zero-order valence-electron chi connectivity index (χ0n) is 12.9. The van der Waals surface area contributed by atoms with Crippen molar-refractivity contribution in [1.29, 1.82) is 0 Å². The molecule has 0 aromatic carbocycles. The first-order chi connectivity index (χ1) is 10.1. The van der Waals surface area contributed by atoms with Gasteiger partial charge in [0.05, 0.1) is 14.2 Å². The third-order valence-corrected chi connectivity index (χ3v) is 3.94. The van der Waals surface area contributed by atoms with Gasteiger partial charge in [0.25, 0.3) is 0 Å². The van der Waals surface area contributed by atoms with Crippen LogP contribution >= 0.6 is 0 Å². The van der Waals surface area contributed by atoms with E-state index < -0.39 is 11.9 Å². The van der Waals surface area contributed by atoms with Gasteiger partial charge in [0.1, 0.15) is 13.1 Å². The molecule has 1 fully saturated rings. The number of rotatable bonds is 7. The number of amides is 1. The van der Waals surface area contributed by atoms with Crippen LogP contribution in [0, 0.1) is 5.92 Å². The Morgan fingerprint density at radius 2 is 1.48 bits per heavy atom. The van der Waals surface area contributed by atoms with E-state index in [0.29, 0.717) is 12.3 Å². The van der Waals surface area contributed by atoms with E-state index in [2.05, 4.69) is 9.47 Å². The van der Waals surface area contributed by atoms with Gasteiger partial charge in [-0.15, -0.1) is 0 Å². The molecule has 120 valence electrons. The second kappa shape index (κ2) is 9.37. The van der Waals surface area contributed by atoms with Gasteiger partial charge in [-0.1, -0.05) is 32.1 Å². The number of hydrogen-bond donors (Lipinski definition) is 0. The summed E-state index contributed by atoms with van der Waals surface area (Å²) in [6, 6.07) is 0. The Morgan fingerprint density at radius 3 is 1.95 bits per heavy atom. The lowest BCUT2D eigenvalue weighted by Gasteiger charge is -2.24. The summed E-state index contributed by atoms with van der Waals surface area (Å²) < 4.78 is 9.11. The highest BCUT2D eigenvalue weighted by Crippen LogP contribution is 2.27. The van der Waals surface area contributed by atoms with Crippen molar-refractivity contribution in [1.82, 2.24) is 4.90 Å². The van der Waals surface area contributed by atoms with E-state index in [1.807, 2.05) is 0 Å². The van der Waals surface area contributed by atoms with Gasteiger partial charge in [-0.2, -0.15) is 0 Å². The largest absolute Gasteiger partial charge is 0.468 e. The van der Waals surface area contributed by atoms with Crippen LogP contribution < -0.4 is 0 Å². The van der Waals surface area contributed by atoms with Crippen LogP contribution in [0.25, 0.3) is 0 Å². The molecule has 1 saturated carbocycles. The third-order valence-electron chi connectivity index (χ3n) is 3.94. The lowest BCUT2D eigenvalue weighted by molar-refractivity contribution is -0.152. The van der Waals surface area contributed by atoms with Crippen molar-refractivity contribution in [2.75, 3.05) is 27.3 Å². The molecule has 0 heterocycles. The highest BCUT2D eigenvalue weighted by Gasteiger charge is 2.22. The Labute approximate surface area is 125 Å². The Hall–Kier alpha value is -1.59. The zero-order chi connectivity index (χ0) is 15.7. The molecule has 0 bridgehead atoms. The van der Waals surface area contributed by atoms with Gasteiger partial charge in [0.2, 0.25) is 5.91 Å². The number of ether oxygens (including phenoxy) is 2. The monoisotopic (exact) mass is 299 g/mol. The van der Waals surface area contributed by atoms with Crippen LogP contribution in [-0.4, -0.2) is 50.1 Å². The van der Waals surface area contributed by atoms with E-state index in [9.17, 15) is 14.4 Å². The Bertz CT molecular complexity index is 345. The summed E-state index contributed by atoms with van der Waals surface area (Å²) >= 11 is 0. The van der Waals surface area contributed by atoms with Gasteiger partial charge in [-0.3, -0.25) is 14.4 Å². The molecule has 6 nitrogen and oxygen atoms in total. The molecule has 1 aliphatic rings. The van der Waals surface area contributed by atoms with Crippen LogP contribution in [-0.2, 0) is 23.9 Å². The first kappa shape index (κ1) is 17.5. The normalized spacial score (nSPS) is 15.3. The Morgan fingerprint density at radius 1 is 0.952 bits per heavy atom. The molecular weight excluding hydrogens is 274 g/mol. The molecule has 1 aliphatic carbocycles. The minimum absolute atomic E-state index is 0.198. The molecule has 0 N–H and O–H groups in total. The number of methoxy groups -OCH3 is 2. The van der Waals surface area contributed by atoms with Gasteiger partial charge in [-0.25, -0.2) is 0 Å². The minimum Gasteiger partial charge on any atom is -0.468 e. The van der Waals surface area contributed by atoms with Crippen molar-refractivity contribution in [3.8, 4) is 0 Å². The molecule has 0 aromatic heterocycles. The highest BCUT2D eigenvalue weighted by atomic mass is 16.5. The number of esters is 2. The summed E-state index contributed by atoms with van der Waals surface area (Å²) in [7, 11) is 2.51. The molecule has 0 radical (unpaired) electrons. The van der Waals surface area contributed by atoms with E-state index in [4.69, 9.17) is 0 Å². The predicted octanol–water partition coefficient (Wildman–Crippen LogP) is 1.52. The van der Waals surface area contributed by atoms with E-state index in [0.717, 1.165) is 6.42 Å². The van der Waals surface area contributed by atoms with Gasteiger partial charge in [0, 0.05) is 6.42 Å². The van der Waals surface area contributed by atoms with Gasteiger partial charge >= 0.3 is 11.9 Å². The maximum atomic E-state index is 12.2. The number of carbonyl (C=O) groups is 3. The molecule has 6 heteroatoms. The minimum atomic E-state index is -0.537. The smallest absolute Gasteiger partial charge is 0.325 e. The molecule has 21 heavy (non-hydrogen) atoms. The SMILES string of the molecule is COC(=O)CN(CC(=O)OC)C(=O)CCC1CCCCC1. The van der Waals surface area contributed by atoms with Crippen molar-refractivity contribution in [3.05, 3.63) is 0 Å². The molecule has 0 atom stereocenters. The molecule has 0 saturated heterocycles. The van der Waals surface area contributed by atoms with Crippen molar-refractivity contribution in [2.45, 2.75) is 44.9 Å². The summed E-state index contributed by atoms with van der Waals surface area (Å²) in [4.78, 5) is 36.1. The van der Waals surface area contributed by atoms with E-state index in [1.54, 1.807) is 0 Å². The standard InChI is InChI=1S/C15H25NO5/c1-20-14(18)10-16(11-15(19)21-2)13(17)9-8-12-6-4-3-5-7-12/h12H,3-11H2,1-2H3. The van der Waals surface area contributed by atoms with Gasteiger partial charge in [0.15, 0.2) is 0 Å². The quantitative estimate of drug-likeness (QED) is 0.666. The van der Waals surface area contributed by atoms with Crippen molar-refractivity contribution in [2.24, 2.45) is 5.92 Å².